The monoisotopic (exact) mass is 158 g/mol. The van der Waals surface area contributed by atoms with E-state index in [1.807, 2.05) is 0 Å². The van der Waals surface area contributed by atoms with E-state index in [2.05, 4.69) is 16.1 Å². The quantitative estimate of drug-likeness (QED) is 0.336. The van der Waals surface area contributed by atoms with Gasteiger partial charge >= 0.3 is 11.9 Å². The number of ether oxygens (including phenoxy) is 2. The molecule has 0 saturated carbocycles. The van der Waals surface area contributed by atoms with Gasteiger partial charge in [0.05, 0.1) is 12.4 Å². The van der Waals surface area contributed by atoms with Crippen molar-refractivity contribution in [3.8, 4) is 0 Å². The van der Waals surface area contributed by atoms with Crippen LogP contribution in [0.4, 0.5) is 0 Å². The molecule has 0 amide bonds. The molecular formula is C7H10O4. The molecule has 0 aliphatic heterocycles. The Balaban J connectivity index is 3.83. The molecular weight excluding hydrogens is 148 g/mol. The average molecular weight is 158 g/mol. The first-order valence-corrected chi connectivity index (χ1v) is 3.10. The highest BCUT2D eigenvalue weighted by Gasteiger charge is 2.16. The van der Waals surface area contributed by atoms with E-state index < -0.39 is 11.9 Å². The molecule has 11 heavy (non-hydrogen) atoms. The highest BCUT2D eigenvalue weighted by Crippen LogP contribution is 1.91. The molecule has 4 nitrogen and oxygen atoms in total. The standard InChI is InChI=1S/C7H10O4/c1-4-10-6(8)7(9)11-5(2)3/h4-5H,1H2,2-3H3. The Kier molecular flexibility index (Phi) is 3.95. The molecule has 4 heteroatoms. The minimum atomic E-state index is -1.05. The van der Waals surface area contributed by atoms with Crippen LogP contribution in [0.1, 0.15) is 13.8 Å². The molecule has 0 fully saturated rings. The molecule has 0 spiro atoms. The zero-order valence-corrected chi connectivity index (χ0v) is 6.49. The van der Waals surface area contributed by atoms with E-state index in [4.69, 9.17) is 0 Å². The van der Waals surface area contributed by atoms with Crippen molar-refractivity contribution < 1.29 is 19.1 Å². The van der Waals surface area contributed by atoms with E-state index >= 15 is 0 Å². The van der Waals surface area contributed by atoms with Crippen molar-refractivity contribution in [2.24, 2.45) is 0 Å². The summed E-state index contributed by atoms with van der Waals surface area (Å²) < 4.78 is 8.66. The normalized spacial score (nSPS) is 9.00. The highest BCUT2D eigenvalue weighted by atomic mass is 16.6. The van der Waals surface area contributed by atoms with Crippen molar-refractivity contribution in [2.75, 3.05) is 0 Å². The van der Waals surface area contributed by atoms with Crippen LogP contribution in [-0.2, 0) is 19.1 Å². The van der Waals surface area contributed by atoms with Crippen molar-refractivity contribution in [2.45, 2.75) is 20.0 Å². The highest BCUT2D eigenvalue weighted by molar-refractivity contribution is 6.29. The SMILES string of the molecule is C=COC(=O)C(=O)OC(C)C. The summed E-state index contributed by atoms with van der Waals surface area (Å²) in [5, 5.41) is 0. The lowest BCUT2D eigenvalue weighted by atomic mass is 10.5. The number of esters is 2. The van der Waals surface area contributed by atoms with Gasteiger partial charge in [-0.3, -0.25) is 0 Å². The minimum absolute atomic E-state index is 0.320. The zero-order valence-electron chi connectivity index (χ0n) is 6.49. The second kappa shape index (κ2) is 4.49. The van der Waals surface area contributed by atoms with Crippen LogP contribution in [0.2, 0.25) is 0 Å². The maximum absolute atomic E-state index is 10.6. The van der Waals surface area contributed by atoms with Crippen molar-refractivity contribution in [1.82, 2.24) is 0 Å². The Morgan fingerprint density at radius 3 is 2.27 bits per heavy atom. The smallest absolute Gasteiger partial charge is 0.422 e. The van der Waals surface area contributed by atoms with Gasteiger partial charge in [0.2, 0.25) is 0 Å². The van der Waals surface area contributed by atoms with Gasteiger partial charge in [-0.25, -0.2) is 9.59 Å². The summed E-state index contributed by atoms with van der Waals surface area (Å²) in [6.07, 6.45) is 0.559. The van der Waals surface area contributed by atoms with Gasteiger partial charge in [-0.1, -0.05) is 6.58 Å². The van der Waals surface area contributed by atoms with Crippen molar-refractivity contribution in [3.05, 3.63) is 12.8 Å². The van der Waals surface area contributed by atoms with Crippen LogP contribution >= 0.6 is 0 Å². The number of rotatable bonds is 2. The molecule has 0 N–H and O–H groups in total. The van der Waals surface area contributed by atoms with Crippen LogP contribution in [-0.4, -0.2) is 18.0 Å². The van der Waals surface area contributed by atoms with Crippen LogP contribution in [0.3, 0.4) is 0 Å². The molecule has 62 valence electrons. The Morgan fingerprint density at radius 2 is 1.91 bits per heavy atom. The second-order valence-corrected chi connectivity index (χ2v) is 2.03. The first-order chi connectivity index (χ1) is 5.07. The fourth-order valence-electron chi connectivity index (χ4n) is 0.386. The van der Waals surface area contributed by atoms with Gasteiger partial charge in [-0.15, -0.1) is 0 Å². The van der Waals surface area contributed by atoms with Gasteiger partial charge in [-0.05, 0) is 13.8 Å². The summed E-state index contributed by atoms with van der Waals surface area (Å²) in [5.41, 5.74) is 0. The summed E-state index contributed by atoms with van der Waals surface area (Å²) >= 11 is 0. The van der Waals surface area contributed by atoms with E-state index in [0.29, 0.717) is 0 Å². The van der Waals surface area contributed by atoms with E-state index in [1.54, 1.807) is 13.8 Å². The predicted molar refractivity (Wildman–Crippen MR) is 37.5 cm³/mol. The van der Waals surface area contributed by atoms with Crippen LogP contribution in [0.25, 0.3) is 0 Å². The van der Waals surface area contributed by atoms with E-state index in [-0.39, 0.29) is 6.10 Å². The summed E-state index contributed by atoms with van der Waals surface area (Å²) in [6.45, 7) is 6.39. The van der Waals surface area contributed by atoms with Crippen molar-refractivity contribution in [1.29, 1.82) is 0 Å². The van der Waals surface area contributed by atoms with E-state index in [1.165, 1.54) is 0 Å². The topological polar surface area (TPSA) is 52.6 Å². The first-order valence-electron chi connectivity index (χ1n) is 3.10. The molecule has 0 aromatic heterocycles. The first kappa shape index (κ1) is 9.68. The number of hydrogen-bond acceptors (Lipinski definition) is 4. The van der Waals surface area contributed by atoms with Crippen LogP contribution in [0.15, 0.2) is 12.8 Å². The van der Waals surface area contributed by atoms with E-state index in [0.717, 1.165) is 6.26 Å². The molecule has 0 aliphatic rings. The van der Waals surface area contributed by atoms with Gasteiger partial charge in [0.15, 0.2) is 0 Å². The maximum atomic E-state index is 10.6. The Hall–Kier alpha value is -1.32. The zero-order chi connectivity index (χ0) is 8.85. The van der Waals surface area contributed by atoms with Crippen molar-refractivity contribution >= 4 is 11.9 Å². The van der Waals surface area contributed by atoms with Crippen LogP contribution < -0.4 is 0 Å². The lowest BCUT2D eigenvalue weighted by Gasteiger charge is -2.04. The fourth-order valence-corrected chi connectivity index (χ4v) is 0.386. The summed E-state index contributed by atoms with van der Waals surface area (Å²) in [5.74, 6) is -2.05. The van der Waals surface area contributed by atoms with Gasteiger partial charge in [0, 0.05) is 0 Å². The molecule has 0 atom stereocenters. The lowest BCUT2D eigenvalue weighted by molar-refractivity contribution is -0.166. The molecule has 0 aliphatic carbocycles. The summed E-state index contributed by atoms with van der Waals surface area (Å²) in [6, 6.07) is 0. The molecule has 0 rings (SSSR count). The number of hydrogen-bond donors (Lipinski definition) is 0. The maximum Gasteiger partial charge on any atom is 0.422 e. The minimum Gasteiger partial charge on any atom is -0.455 e. The number of carbonyl (C=O) groups excluding carboxylic acids is 2. The van der Waals surface area contributed by atoms with Gasteiger partial charge in [0.1, 0.15) is 0 Å². The van der Waals surface area contributed by atoms with E-state index in [9.17, 15) is 9.59 Å². The third-order valence-corrected chi connectivity index (χ3v) is 0.700. The van der Waals surface area contributed by atoms with Crippen molar-refractivity contribution in [3.63, 3.8) is 0 Å². The Bertz CT molecular complexity index is 171. The summed E-state index contributed by atoms with van der Waals surface area (Å²) in [7, 11) is 0. The Morgan fingerprint density at radius 1 is 1.36 bits per heavy atom. The Labute approximate surface area is 64.8 Å². The lowest BCUT2D eigenvalue weighted by Crippen LogP contribution is -2.21. The van der Waals surface area contributed by atoms with Crippen LogP contribution in [0.5, 0.6) is 0 Å². The molecule has 0 bridgehead atoms. The summed E-state index contributed by atoms with van der Waals surface area (Å²) in [4.78, 5) is 21.1. The third kappa shape index (κ3) is 4.13. The average Bonchev–Trinajstić information content (AvgIpc) is 1.86. The molecule has 0 heterocycles. The van der Waals surface area contributed by atoms with Gasteiger partial charge < -0.3 is 9.47 Å². The second-order valence-electron chi connectivity index (χ2n) is 2.03. The third-order valence-electron chi connectivity index (χ3n) is 0.700. The van der Waals surface area contributed by atoms with Crippen LogP contribution in [0, 0.1) is 0 Å². The number of carbonyl (C=O) groups is 2. The van der Waals surface area contributed by atoms with Gasteiger partial charge in [-0.2, -0.15) is 0 Å². The largest absolute Gasteiger partial charge is 0.455 e. The molecule has 0 saturated heterocycles. The predicted octanol–water partition coefficient (Wildman–Crippen LogP) is 0.625. The van der Waals surface area contributed by atoms with Gasteiger partial charge in [0.25, 0.3) is 0 Å². The fraction of sp³-hybridized carbons (Fsp3) is 0.429. The molecule has 0 radical (unpaired) electrons. The molecule has 0 aromatic carbocycles. The molecule has 0 aromatic rings. The molecule has 0 unspecified atom stereocenters.